The van der Waals surface area contributed by atoms with Crippen LogP contribution in [0.1, 0.15) is 0 Å². The van der Waals surface area contributed by atoms with Gasteiger partial charge in [-0.2, -0.15) is 0 Å². The molecule has 0 fully saturated rings. The van der Waals surface area contributed by atoms with Crippen LogP contribution in [0.5, 0.6) is 0 Å². The molecule has 0 saturated heterocycles. The molecule has 0 aliphatic rings. The Morgan fingerprint density at radius 1 is 1.00 bits per heavy atom. The molecule has 0 atom stereocenters. The van der Waals surface area contributed by atoms with Gasteiger partial charge in [-0.05, 0) is 24.3 Å². The molecule has 0 unspecified atom stereocenters. The zero-order valence-corrected chi connectivity index (χ0v) is 11.7. The van der Waals surface area contributed by atoms with Crippen LogP contribution in [0.15, 0.2) is 54.7 Å². The molecule has 0 aliphatic heterocycles. The van der Waals surface area contributed by atoms with E-state index in [2.05, 4.69) is 34.1 Å². The van der Waals surface area contributed by atoms with Crippen molar-refractivity contribution in [1.29, 1.82) is 0 Å². The Balaban J connectivity index is 2.12. The summed E-state index contributed by atoms with van der Waals surface area (Å²) in [6.07, 6.45) is 1.88. The lowest BCUT2D eigenvalue weighted by Gasteiger charge is -2.13. The molecule has 0 spiro atoms. The van der Waals surface area contributed by atoms with Crippen molar-refractivity contribution in [2.45, 2.75) is 0 Å². The maximum Gasteiger partial charge on any atom is 0.0723 e. The second-order valence-electron chi connectivity index (χ2n) is 5.08. The number of aromatic nitrogens is 1. The minimum Gasteiger partial charge on any atom is -0.398 e. The molecule has 0 bridgehead atoms. The van der Waals surface area contributed by atoms with Crippen LogP contribution >= 0.6 is 0 Å². The van der Waals surface area contributed by atoms with Crippen LogP contribution in [0.3, 0.4) is 0 Å². The van der Waals surface area contributed by atoms with E-state index in [0.29, 0.717) is 0 Å². The van der Waals surface area contributed by atoms with E-state index < -0.39 is 0 Å². The van der Waals surface area contributed by atoms with Crippen LogP contribution in [0.4, 0.5) is 11.4 Å². The highest BCUT2D eigenvalue weighted by Gasteiger charge is 2.05. The Bertz CT molecular complexity index is 763. The van der Waals surface area contributed by atoms with E-state index in [1.807, 2.05) is 44.6 Å². The van der Waals surface area contributed by atoms with Gasteiger partial charge in [0.1, 0.15) is 0 Å². The first kappa shape index (κ1) is 12.5. The molecule has 0 aliphatic carbocycles. The monoisotopic (exact) mass is 263 g/mol. The highest BCUT2D eigenvalue weighted by molar-refractivity contribution is 5.88. The number of nitrogens with zero attached hydrogens (tertiary/aromatic N) is 2. The van der Waals surface area contributed by atoms with Gasteiger partial charge in [-0.15, -0.1) is 0 Å². The molecule has 1 heterocycles. The second kappa shape index (κ2) is 4.85. The molecule has 2 aromatic carbocycles. The number of anilines is 2. The number of benzene rings is 2. The van der Waals surface area contributed by atoms with Gasteiger partial charge in [0.2, 0.25) is 0 Å². The van der Waals surface area contributed by atoms with Crippen molar-refractivity contribution in [1.82, 2.24) is 4.98 Å². The van der Waals surface area contributed by atoms with Gasteiger partial charge in [-0.25, -0.2) is 0 Å². The third kappa shape index (κ3) is 2.18. The summed E-state index contributed by atoms with van der Waals surface area (Å²) in [5.74, 6) is 0. The van der Waals surface area contributed by atoms with Crippen LogP contribution in [-0.4, -0.2) is 19.1 Å². The van der Waals surface area contributed by atoms with Crippen molar-refractivity contribution < 1.29 is 0 Å². The lowest BCUT2D eigenvalue weighted by Crippen LogP contribution is -2.08. The summed E-state index contributed by atoms with van der Waals surface area (Å²) in [6.45, 7) is 0. The number of para-hydroxylation sites is 1. The molecule has 1 aromatic heterocycles. The normalized spacial score (nSPS) is 10.7. The topological polar surface area (TPSA) is 42.1 Å². The van der Waals surface area contributed by atoms with Gasteiger partial charge in [0.25, 0.3) is 0 Å². The molecule has 3 aromatic rings. The molecule has 0 saturated carbocycles. The third-order valence-corrected chi connectivity index (χ3v) is 3.46. The fourth-order valence-corrected chi connectivity index (χ4v) is 2.30. The Labute approximate surface area is 118 Å². The number of nitrogens with two attached hydrogens (primary N) is 1. The molecule has 2 N–H and O–H groups in total. The van der Waals surface area contributed by atoms with Crippen LogP contribution < -0.4 is 10.6 Å². The van der Waals surface area contributed by atoms with Crippen LogP contribution in [0.25, 0.3) is 22.0 Å². The standard InChI is InChI=1S/C17H17N3/c1-20(2)14-8-7-12-9-13(11-19-17(12)10-14)15-5-3-4-6-16(15)18/h3-11H,18H2,1-2H3. The van der Waals surface area contributed by atoms with Crippen molar-refractivity contribution in [3.63, 3.8) is 0 Å². The predicted molar refractivity (Wildman–Crippen MR) is 85.9 cm³/mol. The smallest absolute Gasteiger partial charge is 0.0723 e. The first-order valence-corrected chi connectivity index (χ1v) is 6.57. The Morgan fingerprint density at radius 3 is 2.55 bits per heavy atom. The highest BCUT2D eigenvalue weighted by Crippen LogP contribution is 2.28. The molecular weight excluding hydrogens is 246 g/mol. The minimum absolute atomic E-state index is 0.776. The quantitative estimate of drug-likeness (QED) is 0.719. The van der Waals surface area contributed by atoms with Gasteiger partial charge in [-0.3, -0.25) is 4.98 Å². The van der Waals surface area contributed by atoms with Crippen LogP contribution in [0.2, 0.25) is 0 Å². The van der Waals surface area contributed by atoms with E-state index in [1.165, 1.54) is 0 Å². The second-order valence-corrected chi connectivity index (χ2v) is 5.08. The molecule has 20 heavy (non-hydrogen) atoms. The minimum atomic E-state index is 0.776. The molecule has 3 nitrogen and oxygen atoms in total. The maximum atomic E-state index is 6.03. The number of nitrogen functional groups attached to an aromatic ring is 1. The Morgan fingerprint density at radius 2 is 1.80 bits per heavy atom. The molecule has 3 rings (SSSR count). The van der Waals surface area contributed by atoms with E-state index in [-0.39, 0.29) is 0 Å². The fraction of sp³-hybridized carbons (Fsp3) is 0.118. The number of rotatable bonds is 2. The van der Waals surface area contributed by atoms with Crippen molar-refractivity contribution in [3.05, 3.63) is 54.7 Å². The first-order chi connectivity index (χ1) is 9.65. The lowest BCUT2D eigenvalue weighted by molar-refractivity contribution is 1.13. The zero-order valence-electron chi connectivity index (χ0n) is 11.7. The molecule has 3 heteroatoms. The molecular formula is C17H17N3. The van der Waals surface area contributed by atoms with Gasteiger partial charge in [0, 0.05) is 48.2 Å². The average molecular weight is 263 g/mol. The fourth-order valence-electron chi connectivity index (χ4n) is 2.30. The van der Waals surface area contributed by atoms with Crippen LogP contribution in [0, 0.1) is 0 Å². The van der Waals surface area contributed by atoms with Crippen molar-refractivity contribution in [3.8, 4) is 11.1 Å². The molecule has 0 amide bonds. The third-order valence-electron chi connectivity index (χ3n) is 3.46. The molecule has 100 valence electrons. The van der Waals surface area contributed by atoms with Crippen molar-refractivity contribution in [2.75, 3.05) is 24.7 Å². The maximum absolute atomic E-state index is 6.03. The largest absolute Gasteiger partial charge is 0.398 e. The Kier molecular flexibility index (Phi) is 3.03. The van der Waals surface area contributed by atoms with E-state index in [1.54, 1.807) is 0 Å². The first-order valence-electron chi connectivity index (χ1n) is 6.57. The summed E-state index contributed by atoms with van der Waals surface area (Å²) in [6, 6.07) is 16.3. The van der Waals surface area contributed by atoms with Gasteiger partial charge >= 0.3 is 0 Å². The highest BCUT2D eigenvalue weighted by atomic mass is 15.1. The summed E-state index contributed by atoms with van der Waals surface area (Å²) >= 11 is 0. The van der Waals surface area contributed by atoms with Crippen LogP contribution in [-0.2, 0) is 0 Å². The van der Waals surface area contributed by atoms with Gasteiger partial charge in [0.15, 0.2) is 0 Å². The van der Waals surface area contributed by atoms with Crippen molar-refractivity contribution in [2.24, 2.45) is 0 Å². The summed E-state index contributed by atoms with van der Waals surface area (Å²) in [5.41, 5.74) is 11.0. The summed E-state index contributed by atoms with van der Waals surface area (Å²) in [5, 5.41) is 1.12. The average Bonchev–Trinajstić information content (AvgIpc) is 2.46. The summed E-state index contributed by atoms with van der Waals surface area (Å²) in [4.78, 5) is 6.63. The summed E-state index contributed by atoms with van der Waals surface area (Å²) < 4.78 is 0. The predicted octanol–water partition coefficient (Wildman–Crippen LogP) is 3.55. The van der Waals surface area contributed by atoms with E-state index in [9.17, 15) is 0 Å². The zero-order chi connectivity index (χ0) is 14.1. The van der Waals surface area contributed by atoms with E-state index in [4.69, 9.17) is 5.73 Å². The summed E-state index contributed by atoms with van der Waals surface area (Å²) in [7, 11) is 4.06. The number of fused-ring (bicyclic) bond motifs is 1. The number of pyridine rings is 1. The SMILES string of the molecule is CN(C)c1ccc2cc(-c3ccccc3N)cnc2c1. The van der Waals surface area contributed by atoms with E-state index >= 15 is 0 Å². The lowest BCUT2D eigenvalue weighted by atomic mass is 10.0. The van der Waals surface area contributed by atoms with E-state index in [0.717, 1.165) is 33.4 Å². The number of hydrogen-bond donors (Lipinski definition) is 1. The number of hydrogen-bond acceptors (Lipinski definition) is 3. The Hall–Kier alpha value is -2.55. The van der Waals surface area contributed by atoms with Gasteiger partial charge < -0.3 is 10.6 Å². The van der Waals surface area contributed by atoms with Crippen molar-refractivity contribution >= 4 is 22.3 Å². The van der Waals surface area contributed by atoms with Gasteiger partial charge in [0.05, 0.1) is 5.52 Å². The van der Waals surface area contributed by atoms with Gasteiger partial charge in [-0.1, -0.05) is 24.3 Å². The molecule has 0 radical (unpaired) electrons.